The van der Waals surface area contributed by atoms with Crippen LogP contribution in [0.2, 0.25) is 0 Å². The van der Waals surface area contributed by atoms with Crippen LogP contribution in [0.5, 0.6) is 0 Å². The molecule has 0 spiro atoms. The van der Waals surface area contributed by atoms with Gasteiger partial charge in [-0.3, -0.25) is 4.79 Å². The molecule has 1 aromatic rings. The van der Waals surface area contributed by atoms with Crippen molar-refractivity contribution in [1.82, 2.24) is 4.90 Å². The van der Waals surface area contributed by atoms with Crippen molar-refractivity contribution in [3.63, 3.8) is 0 Å². The van der Waals surface area contributed by atoms with E-state index in [1.54, 1.807) is 6.08 Å². The zero-order chi connectivity index (χ0) is 13.7. The molecule has 0 unspecified atom stereocenters. The molecule has 0 aliphatic carbocycles. The number of hydrogen-bond acceptors (Lipinski definition) is 2. The minimum atomic E-state index is 0.0176. The summed E-state index contributed by atoms with van der Waals surface area (Å²) in [6.45, 7) is 8.31. The third-order valence-corrected chi connectivity index (χ3v) is 3.56. The van der Waals surface area contributed by atoms with E-state index in [1.807, 2.05) is 17.0 Å². The lowest BCUT2D eigenvalue weighted by Gasteiger charge is -2.24. The van der Waals surface area contributed by atoms with Crippen LogP contribution in [0.25, 0.3) is 0 Å². The molecular formula is C16H21NO2. The van der Waals surface area contributed by atoms with Crippen molar-refractivity contribution in [2.75, 3.05) is 19.8 Å². The molecule has 2 rings (SSSR count). The largest absolute Gasteiger partial charge is 0.381 e. The summed E-state index contributed by atoms with van der Waals surface area (Å²) >= 11 is 0. The van der Waals surface area contributed by atoms with Crippen LogP contribution in [0, 0.1) is 12.8 Å². The van der Waals surface area contributed by atoms with Crippen molar-refractivity contribution in [2.45, 2.75) is 19.9 Å². The van der Waals surface area contributed by atoms with Crippen molar-refractivity contribution >= 4 is 5.91 Å². The highest BCUT2D eigenvalue weighted by Gasteiger charge is 2.27. The number of nitrogens with zero attached hydrogens (tertiary/aromatic N) is 1. The summed E-state index contributed by atoms with van der Waals surface area (Å²) in [5.41, 5.74) is 2.41. The average molecular weight is 259 g/mol. The van der Waals surface area contributed by atoms with Crippen LogP contribution in [0.3, 0.4) is 0 Å². The number of carbonyl (C=O) groups excluding carboxylic acids is 1. The number of amides is 1. The number of aryl methyl sites for hydroxylation is 1. The lowest BCUT2D eigenvalue weighted by atomic mass is 10.1. The average Bonchev–Trinajstić information content (AvgIpc) is 2.94. The first kappa shape index (κ1) is 13.8. The number of benzene rings is 1. The van der Waals surface area contributed by atoms with E-state index in [0.29, 0.717) is 26.3 Å². The van der Waals surface area contributed by atoms with Gasteiger partial charge in [-0.25, -0.2) is 0 Å². The molecule has 3 heteroatoms. The molecule has 0 saturated carbocycles. The lowest BCUT2D eigenvalue weighted by Crippen LogP contribution is -2.36. The van der Waals surface area contributed by atoms with Crippen molar-refractivity contribution < 1.29 is 9.53 Å². The third kappa shape index (κ3) is 3.44. The number of ether oxygens (including phenoxy) is 1. The van der Waals surface area contributed by atoms with E-state index in [4.69, 9.17) is 4.74 Å². The first-order valence-electron chi connectivity index (χ1n) is 6.74. The molecule has 1 heterocycles. The van der Waals surface area contributed by atoms with Gasteiger partial charge in [0.25, 0.3) is 0 Å². The highest BCUT2D eigenvalue weighted by molar-refractivity contribution is 5.79. The Morgan fingerprint density at radius 3 is 2.95 bits per heavy atom. The standard InChI is InChI=1S/C16H21NO2/c1-3-9-17(16(18)15-8-10-19-12-15)11-14-7-5-4-6-13(14)2/h3-7,15H,1,8-12H2,2H3/t15-/m1/s1. The quantitative estimate of drug-likeness (QED) is 0.761. The molecule has 0 aromatic heterocycles. The van der Waals surface area contributed by atoms with Gasteiger partial charge >= 0.3 is 0 Å². The van der Waals surface area contributed by atoms with Crippen molar-refractivity contribution in [3.8, 4) is 0 Å². The monoisotopic (exact) mass is 259 g/mol. The van der Waals surface area contributed by atoms with E-state index in [9.17, 15) is 4.79 Å². The molecule has 1 amide bonds. The van der Waals surface area contributed by atoms with E-state index >= 15 is 0 Å². The fourth-order valence-electron chi connectivity index (χ4n) is 2.37. The van der Waals surface area contributed by atoms with Gasteiger partial charge in [0, 0.05) is 19.7 Å². The Hall–Kier alpha value is -1.61. The van der Waals surface area contributed by atoms with Crippen molar-refractivity contribution in [2.24, 2.45) is 5.92 Å². The Morgan fingerprint density at radius 2 is 2.32 bits per heavy atom. The highest BCUT2D eigenvalue weighted by atomic mass is 16.5. The third-order valence-electron chi connectivity index (χ3n) is 3.56. The van der Waals surface area contributed by atoms with Crippen molar-refractivity contribution in [3.05, 3.63) is 48.0 Å². The SMILES string of the molecule is C=CCN(Cc1ccccc1C)C(=O)[C@@H]1CCOC1. The van der Waals surface area contributed by atoms with Crippen LogP contribution < -0.4 is 0 Å². The maximum absolute atomic E-state index is 12.4. The Labute approximate surface area is 114 Å². The smallest absolute Gasteiger partial charge is 0.228 e. The second kappa shape index (κ2) is 6.53. The zero-order valence-corrected chi connectivity index (χ0v) is 11.5. The minimum absolute atomic E-state index is 0.0176. The van der Waals surface area contributed by atoms with Gasteiger partial charge in [0.2, 0.25) is 5.91 Å². The highest BCUT2D eigenvalue weighted by Crippen LogP contribution is 2.18. The summed E-state index contributed by atoms with van der Waals surface area (Å²) in [5, 5.41) is 0. The molecule has 1 aliphatic heterocycles. The Balaban J connectivity index is 2.09. The van der Waals surface area contributed by atoms with Crippen LogP contribution >= 0.6 is 0 Å². The minimum Gasteiger partial charge on any atom is -0.381 e. The first-order valence-corrected chi connectivity index (χ1v) is 6.74. The van der Waals surface area contributed by atoms with Gasteiger partial charge in [0.05, 0.1) is 12.5 Å². The van der Waals surface area contributed by atoms with Crippen LogP contribution in [-0.4, -0.2) is 30.6 Å². The number of rotatable bonds is 5. The summed E-state index contributed by atoms with van der Waals surface area (Å²) in [6, 6.07) is 8.18. The van der Waals surface area contributed by atoms with E-state index in [-0.39, 0.29) is 11.8 Å². The molecule has 1 aliphatic rings. The molecule has 1 atom stereocenters. The van der Waals surface area contributed by atoms with Gasteiger partial charge in [-0.1, -0.05) is 30.3 Å². The fraction of sp³-hybridized carbons (Fsp3) is 0.438. The maximum Gasteiger partial charge on any atom is 0.228 e. The van der Waals surface area contributed by atoms with E-state index in [2.05, 4.69) is 25.6 Å². The topological polar surface area (TPSA) is 29.5 Å². The van der Waals surface area contributed by atoms with E-state index in [0.717, 1.165) is 6.42 Å². The summed E-state index contributed by atoms with van der Waals surface area (Å²) in [5.74, 6) is 0.199. The summed E-state index contributed by atoms with van der Waals surface area (Å²) in [6.07, 6.45) is 2.62. The lowest BCUT2D eigenvalue weighted by molar-refractivity contribution is -0.135. The second-order valence-electron chi connectivity index (χ2n) is 4.99. The van der Waals surface area contributed by atoms with E-state index in [1.165, 1.54) is 11.1 Å². The first-order chi connectivity index (χ1) is 9.22. The Kier molecular flexibility index (Phi) is 4.74. The molecule has 0 N–H and O–H groups in total. The van der Waals surface area contributed by atoms with Gasteiger partial charge in [0.15, 0.2) is 0 Å². The molecule has 0 bridgehead atoms. The molecule has 3 nitrogen and oxygen atoms in total. The van der Waals surface area contributed by atoms with Gasteiger partial charge in [-0.15, -0.1) is 6.58 Å². The number of hydrogen-bond donors (Lipinski definition) is 0. The Morgan fingerprint density at radius 1 is 1.53 bits per heavy atom. The zero-order valence-electron chi connectivity index (χ0n) is 11.5. The van der Waals surface area contributed by atoms with Gasteiger partial charge in [-0.2, -0.15) is 0 Å². The molecule has 0 radical (unpaired) electrons. The normalized spacial score (nSPS) is 18.3. The molecule has 1 saturated heterocycles. The fourth-order valence-corrected chi connectivity index (χ4v) is 2.37. The van der Waals surface area contributed by atoms with Crippen LogP contribution in [0.15, 0.2) is 36.9 Å². The van der Waals surface area contributed by atoms with E-state index < -0.39 is 0 Å². The van der Waals surface area contributed by atoms with Crippen LogP contribution in [-0.2, 0) is 16.1 Å². The number of carbonyl (C=O) groups is 1. The van der Waals surface area contributed by atoms with Gasteiger partial charge in [-0.05, 0) is 24.5 Å². The predicted octanol–water partition coefficient (Wildman–Crippen LogP) is 2.55. The molecular weight excluding hydrogens is 238 g/mol. The molecule has 1 fully saturated rings. The predicted molar refractivity (Wildman–Crippen MR) is 75.7 cm³/mol. The van der Waals surface area contributed by atoms with Gasteiger partial charge in [0.1, 0.15) is 0 Å². The Bertz CT molecular complexity index is 450. The second-order valence-corrected chi connectivity index (χ2v) is 4.99. The molecule has 19 heavy (non-hydrogen) atoms. The van der Waals surface area contributed by atoms with Crippen LogP contribution in [0.4, 0.5) is 0 Å². The summed E-state index contributed by atoms with van der Waals surface area (Å²) < 4.78 is 5.31. The van der Waals surface area contributed by atoms with Crippen molar-refractivity contribution in [1.29, 1.82) is 0 Å². The molecule has 1 aromatic carbocycles. The van der Waals surface area contributed by atoms with Gasteiger partial charge < -0.3 is 9.64 Å². The summed E-state index contributed by atoms with van der Waals surface area (Å²) in [7, 11) is 0. The van der Waals surface area contributed by atoms with Crippen LogP contribution in [0.1, 0.15) is 17.5 Å². The summed E-state index contributed by atoms with van der Waals surface area (Å²) in [4.78, 5) is 14.3. The maximum atomic E-state index is 12.4. The molecule has 102 valence electrons.